The third-order valence-electron chi connectivity index (χ3n) is 4.86. The van der Waals surface area contributed by atoms with Crippen molar-refractivity contribution in [3.8, 4) is 0 Å². The fraction of sp³-hybridized carbons (Fsp3) is 1.00. The van der Waals surface area contributed by atoms with Gasteiger partial charge in [-0.1, -0.05) is 90.4 Å². The van der Waals surface area contributed by atoms with Crippen molar-refractivity contribution in [2.45, 2.75) is 110 Å². The van der Waals surface area contributed by atoms with Crippen LogP contribution in [-0.4, -0.2) is 51.4 Å². The first kappa shape index (κ1) is 28.8. The summed E-state index contributed by atoms with van der Waals surface area (Å²) in [4.78, 5) is 0. The maximum atomic E-state index is 10.5. The Balaban J connectivity index is 3.18. The van der Waals surface area contributed by atoms with E-state index in [0.29, 0.717) is 6.61 Å². The van der Waals surface area contributed by atoms with Crippen LogP contribution in [0.1, 0.15) is 104 Å². The minimum Gasteiger partial charge on any atom is -0.376 e. The van der Waals surface area contributed by atoms with Gasteiger partial charge < -0.3 is 14.2 Å². The smallest absolute Gasteiger partial charge is 0.289 e. The molecule has 0 heterocycles. The second-order valence-electron chi connectivity index (χ2n) is 7.96. The predicted octanol–water partition coefficient (Wildman–Crippen LogP) is 5.75. The Morgan fingerprint density at radius 1 is 0.690 bits per heavy atom. The number of hydrogen-bond donors (Lipinski definition) is 1. The minimum absolute atomic E-state index is 0.0125. The van der Waals surface area contributed by atoms with Crippen LogP contribution in [0.5, 0.6) is 0 Å². The number of hydrogen-bond acceptors (Lipinski definition) is 5. The normalized spacial score (nSPS) is 13.1. The van der Waals surface area contributed by atoms with Crippen molar-refractivity contribution in [3.05, 3.63) is 0 Å². The molecular formula is C22H46O6S. The summed E-state index contributed by atoms with van der Waals surface area (Å²) in [5, 5.41) is 0. The van der Waals surface area contributed by atoms with Crippen LogP contribution in [0.2, 0.25) is 0 Å². The topological polar surface area (TPSA) is 82.1 Å². The van der Waals surface area contributed by atoms with E-state index in [1.54, 1.807) is 0 Å². The number of rotatable bonds is 23. The molecule has 0 saturated heterocycles. The summed E-state index contributed by atoms with van der Waals surface area (Å²) in [6.45, 7) is 5.84. The molecule has 0 aliphatic rings. The number of ether oxygens (including phenoxy) is 3. The lowest BCUT2D eigenvalue weighted by Gasteiger charge is -2.13. The lowest BCUT2D eigenvalue weighted by molar-refractivity contribution is -0.0211. The van der Waals surface area contributed by atoms with Gasteiger partial charge >= 0.3 is 0 Å². The molecular weight excluding hydrogens is 392 g/mol. The summed E-state index contributed by atoms with van der Waals surface area (Å²) < 4.78 is 45.3. The molecule has 29 heavy (non-hydrogen) atoms. The van der Waals surface area contributed by atoms with Gasteiger partial charge in [-0.3, -0.25) is 4.55 Å². The third kappa shape index (κ3) is 25.8. The monoisotopic (exact) mass is 438 g/mol. The summed E-state index contributed by atoms with van der Waals surface area (Å²) >= 11 is 0. The molecule has 0 saturated carbocycles. The van der Waals surface area contributed by atoms with Crippen LogP contribution in [-0.2, 0) is 24.3 Å². The summed E-state index contributed by atoms with van der Waals surface area (Å²) in [5.74, 6) is -0.693. The molecule has 1 unspecified atom stereocenters. The van der Waals surface area contributed by atoms with Crippen molar-refractivity contribution in [1.29, 1.82) is 0 Å². The van der Waals surface area contributed by atoms with Crippen LogP contribution in [0.4, 0.5) is 0 Å². The van der Waals surface area contributed by atoms with E-state index >= 15 is 0 Å². The molecule has 0 radical (unpaired) electrons. The molecule has 0 aromatic rings. The summed E-state index contributed by atoms with van der Waals surface area (Å²) in [5.41, 5.74) is 0. The molecule has 6 nitrogen and oxygen atoms in total. The summed E-state index contributed by atoms with van der Waals surface area (Å²) in [6.07, 6.45) is 18.9. The average molecular weight is 439 g/mol. The van der Waals surface area contributed by atoms with Gasteiger partial charge in [-0.25, -0.2) is 0 Å². The Labute approximate surface area is 179 Å². The van der Waals surface area contributed by atoms with Gasteiger partial charge in [0.05, 0.1) is 25.9 Å². The van der Waals surface area contributed by atoms with Crippen LogP contribution >= 0.6 is 0 Å². The molecule has 0 rings (SSSR count). The van der Waals surface area contributed by atoms with E-state index in [9.17, 15) is 8.42 Å². The SMILES string of the molecule is CCCCCCCCCCCCCCCCOC(C)COCCOCS(=O)(=O)O. The van der Waals surface area contributed by atoms with Crippen molar-refractivity contribution in [2.24, 2.45) is 0 Å². The van der Waals surface area contributed by atoms with Crippen molar-refractivity contribution in [3.63, 3.8) is 0 Å². The molecule has 1 N–H and O–H groups in total. The lowest BCUT2D eigenvalue weighted by Crippen LogP contribution is -2.19. The maximum Gasteiger partial charge on any atom is 0.289 e. The van der Waals surface area contributed by atoms with E-state index in [1.807, 2.05) is 6.92 Å². The van der Waals surface area contributed by atoms with Gasteiger partial charge in [0.2, 0.25) is 0 Å². The van der Waals surface area contributed by atoms with Gasteiger partial charge in [0.25, 0.3) is 10.1 Å². The molecule has 0 spiro atoms. The molecule has 0 bridgehead atoms. The van der Waals surface area contributed by atoms with Crippen LogP contribution in [0.15, 0.2) is 0 Å². The summed E-state index contributed by atoms with van der Waals surface area (Å²) in [6, 6.07) is 0. The molecule has 0 aromatic heterocycles. The molecule has 1 atom stereocenters. The zero-order chi connectivity index (χ0) is 21.6. The third-order valence-corrected chi connectivity index (χ3v) is 5.32. The van der Waals surface area contributed by atoms with Gasteiger partial charge in [0.15, 0.2) is 5.94 Å². The first-order valence-electron chi connectivity index (χ1n) is 11.7. The zero-order valence-corrected chi connectivity index (χ0v) is 19.7. The van der Waals surface area contributed by atoms with E-state index in [-0.39, 0.29) is 19.3 Å². The highest BCUT2D eigenvalue weighted by Crippen LogP contribution is 2.13. The first-order chi connectivity index (χ1) is 14.0. The van der Waals surface area contributed by atoms with E-state index in [4.69, 9.17) is 18.8 Å². The van der Waals surface area contributed by atoms with Gasteiger partial charge in [-0.15, -0.1) is 0 Å². The predicted molar refractivity (Wildman–Crippen MR) is 119 cm³/mol. The molecule has 0 amide bonds. The highest BCUT2D eigenvalue weighted by atomic mass is 32.2. The van der Waals surface area contributed by atoms with E-state index in [2.05, 4.69) is 6.92 Å². The Morgan fingerprint density at radius 2 is 1.14 bits per heavy atom. The van der Waals surface area contributed by atoms with Gasteiger partial charge in [-0.2, -0.15) is 8.42 Å². The van der Waals surface area contributed by atoms with E-state index < -0.39 is 16.1 Å². The Bertz CT molecular complexity index is 427. The quantitative estimate of drug-likeness (QED) is 0.161. The van der Waals surface area contributed by atoms with Gasteiger partial charge in [-0.05, 0) is 13.3 Å². The van der Waals surface area contributed by atoms with E-state index in [1.165, 1.54) is 83.5 Å². The lowest BCUT2D eigenvalue weighted by atomic mass is 10.0. The van der Waals surface area contributed by atoms with Crippen molar-refractivity contribution < 1.29 is 27.2 Å². The van der Waals surface area contributed by atoms with Crippen LogP contribution in [0.25, 0.3) is 0 Å². The molecule has 0 aromatic carbocycles. The van der Waals surface area contributed by atoms with Crippen LogP contribution < -0.4 is 0 Å². The Morgan fingerprint density at radius 3 is 1.62 bits per heavy atom. The van der Waals surface area contributed by atoms with E-state index in [0.717, 1.165) is 13.0 Å². The standard InChI is InChI=1S/C22H46O6S/c1-3-4-5-6-7-8-9-10-11-12-13-14-15-16-17-28-22(2)20-26-18-19-27-21-29(23,24)25/h22H,3-21H2,1-2H3,(H,23,24,25). The highest BCUT2D eigenvalue weighted by molar-refractivity contribution is 7.85. The highest BCUT2D eigenvalue weighted by Gasteiger charge is 2.05. The fourth-order valence-electron chi connectivity index (χ4n) is 3.16. The molecule has 176 valence electrons. The average Bonchev–Trinajstić information content (AvgIpc) is 2.66. The second-order valence-corrected chi connectivity index (χ2v) is 9.36. The molecule has 7 heteroatoms. The zero-order valence-electron chi connectivity index (χ0n) is 18.9. The van der Waals surface area contributed by atoms with Gasteiger partial charge in [0, 0.05) is 6.61 Å². The van der Waals surface area contributed by atoms with Gasteiger partial charge in [0.1, 0.15) is 0 Å². The molecule has 0 aliphatic heterocycles. The van der Waals surface area contributed by atoms with Crippen molar-refractivity contribution >= 4 is 10.1 Å². The Kier molecular flexibility index (Phi) is 20.9. The minimum atomic E-state index is -4.06. The largest absolute Gasteiger partial charge is 0.376 e. The number of unbranched alkanes of at least 4 members (excludes halogenated alkanes) is 13. The van der Waals surface area contributed by atoms with Crippen molar-refractivity contribution in [2.75, 3.05) is 32.4 Å². The van der Waals surface area contributed by atoms with Crippen LogP contribution in [0, 0.1) is 0 Å². The molecule has 0 fully saturated rings. The Hall–Kier alpha value is -0.210. The van der Waals surface area contributed by atoms with Crippen LogP contribution in [0.3, 0.4) is 0 Å². The van der Waals surface area contributed by atoms with Crippen molar-refractivity contribution in [1.82, 2.24) is 0 Å². The fourth-order valence-corrected chi connectivity index (χ4v) is 3.49. The summed E-state index contributed by atoms with van der Waals surface area (Å²) in [7, 11) is -4.06. The molecule has 0 aliphatic carbocycles. The maximum absolute atomic E-state index is 10.5. The second kappa shape index (κ2) is 21.0. The first-order valence-corrected chi connectivity index (χ1v) is 13.3.